The van der Waals surface area contributed by atoms with E-state index < -0.39 is 5.97 Å². The van der Waals surface area contributed by atoms with Crippen LogP contribution in [0.15, 0.2) is 47.5 Å². The monoisotopic (exact) mass is 259 g/mol. The lowest BCUT2D eigenvalue weighted by Crippen LogP contribution is -2.06. The van der Waals surface area contributed by atoms with Crippen LogP contribution in [-0.4, -0.2) is 22.8 Å². The zero-order valence-electron chi connectivity index (χ0n) is 10.4. The third kappa shape index (κ3) is 3.01. The van der Waals surface area contributed by atoms with E-state index in [0.717, 1.165) is 5.56 Å². The van der Waals surface area contributed by atoms with E-state index >= 15 is 0 Å². The molecule has 0 aliphatic carbocycles. The van der Waals surface area contributed by atoms with Crippen molar-refractivity contribution in [3.63, 3.8) is 0 Å². The summed E-state index contributed by atoms with van der Waals surface area (Å²) >= 11 is 0. The molecule has 0 aliphatic rings. The maximum Gasteiger partial charge on any atom is 0.339 e. The number of aromatic carboxylic acids is 1. The van der Waals surface area contributed by atoms with Crippen LogP contribution in [0.3, 0.4) is 0 Å². The summed E-state index contributed by atoms with van der Waals surface area (Å²) < 4.78 is 6.80. The average molecular weight is 259 g/mol. The fraction of sp³-hybridized carbons (Fsp3) is 0.143. The van der Waals surface area contributed by atoms with Gasteiger partial charge in [0.1, 0.15) is 11.3 Å². The first-order valence-electron chi connectivity index (χ1n) is 5.66. The van der Waals surface area contributed by atoms with Crippen molar-refractivity contribution in [1.82, 2.24) is 4.57 Å². The number of ether oxygens (including phenoxy) is 1. The smallest absolute Gasteiger partial charge is 0.339 e. The Morgan fingerprint density at radius 1 is 1.26 bits per heavy atom. The van der Waals surface area contributed by atoms with Gasteiger partial charge in [0.05, 0.1) is 7.11 Å². The van der Waals surface area contributed by atoms with Crippen LogP contribution in [0, 0.1) is 0 Å². The molecule has 98 valence electrons. The van der Waals surface area contributed by atoms with E-state index in [1.807, 2.05) is 0 Å². The number of hydrogen-bond acceptors (Lipinski definition) is 3. The Kier molecular flexibility index (Phi) is 3.66. The van der Waals surface area contributed by atoms with E-state index in [9.17, 15) is 9.59 Å². The minimum absolute atomic E-state index is 0.0581. The standard InChI is InChI=1S/C14H13NO4/c1-19-13-3-2-10(8-12(13)14(17)18)9-15-6-4-11(16)5-7-15/h2-8H,9H2,1H3,(H,17,18). The van der Waals surface area contributed by atoms with Gasteiger partial charge in [-0.05, 0) is 17.7 Å². The molecule has 0 radical (unpaired) electrons. The second-order valence-electron chi connectivity index (χ2n) is 4.05. The molecule has 0 saturated heterocycles. The fourth-order valence-electron chi connectivity index (χ4n) is 1.78. The Morgan fingerprint density at radius 2 is 1.95 bits per heavy atom. The lowest BCUT2D eigenvalue weighted by Gasteiger charge is -2.09. The minimum Gasteiger partial charge on any atom is -0.496 e. The summed E-state index contributed by atoms with van der Waals surface area (Å²) in [6.45, 7) is 0.491. The number of carbonyl (C=O) groups is 1. The molecular formula is C14H13NO4. The molecule has 1 aromatic carbocycles. The molecule has 1 aromatic heterocycles. The fourth-order valence-corrected chi connectivity index (χ4v) is 1.78. The molecule has 1 heterocycles. The highest BCUT2D eigenvalue weighted by Gasteiger charge is 2.11. The number of benzene rings is 1. The number of hydrogen-bond donors (Lipinski definition) is 1. The molecule has 1 N–H and O–H groups in total. The first kappa shape index (κ1) is 12.9. The Bertz CT molecular complexity index is 640. The number of nitrogens with zero attached hydrogens (tertiary/aromatic N) is 1. The first-order chi connectivity index (χ1) is 9.10. The number of aromatic nitrogens is 1. The second-order valence-corrected chi connectivity index (χ2v) is 4.05. The highest BCUT2D eigenvalue weighted by atomic mass is 16.5. The van der Waals surface area contributed by atoms with Crippen LogP contribution in [0.25, 0.3) is 0 Å². The molecule has 0 aliphatic heterocycles. The normalized spacial score (nSPS) is 10.2. The summed E-state index contributed by atoms with van der Waals surface area (Å²) in [5.74, 6) is -0.699. The van der Waals surface area contributed by atoms with Crippen LogP contribution in [0.4, 0.5) is 0 Å². The SMILES string of the molecule is COc1ccc(Cn2ccc(=O)cc2)cc1C(=O)O. The first-order valence-corrected chi connectivity index (χ1v) is 5.66. The van der Waals surface area contributed by atoms with Gasteiger partial charge in [-0.1, -0.05) is 6.07 Å². The molecule has 0 fully saturated rings. The molecule has 2 aromatic rings. The van der Waals surface area contributed by atoms with Gasteiger partial charge in [-0.15, -0.1) is 0 Å². The van der Waals surface area contributed by atoms with E-state index in [1.54, 1.807) is 35.2 Å². The Balaban J connectivity index is 2.30. The summed E-state index contributed by atoms with van der Waals surface area (Å²) in [7, 11) is 1.43. The molecule has 0 bridgehead atoms. The van der Waals surface area contributed by atoms with Crippen LogP contribution in [0.5, 0.6) is 5.75 Å². The van der Waals surface area contributed by atoms with Gasteiger partial charge in [0, 0.05) is 31.1 Å². The van der Waals surface area contributed by atoms with Crippen molar-refractivity contribution in [2.45, 2.75) is 6.54 Å². The van der Waals surface area contributed by atoms with Crippen LogP contribution in [-0.2, 0) is 6.54 Å². The quantitative estimate of drug-likeness (QED) is 0.905. The molecule has 19 heavy (non-hydrogen) atoms. The van der Waals surface area contributed by atoms with E-state index in [1.165, 1.54) is 19.2 Å². The van der Waals surface area contributed by atoms with Gasteiger partial charge in [0.25, 0.3) is 0 Å². The summed E-state index contributed by atoms with van der Waals surface area (Å²) in [5.41, 5.74) is 0.889. The van der Waals surface area contributed by atoms with Crippen molar-refractivity contribution in [1.29, 1.82) is 0 Å². The van der Waals surface area contributed by atoms with E-state index in [0.29, 0.717) is 12.3 Å². The number of methoxy groups -OCH3 is 1. The van der Waals surface area contributed by atoms with Gasteiger partial charge in [0.15, 0.2) is 5.43 Å². The molecule has 0 atom stereocenters. The van der Waals surface area contributed by atoms with E-state index in [-0.39, 0.29) is 11.0 Å². The summed E-state index contributed by atoms with van der Waals surface area (Å²) in [5, 5.41) is 9.10. The summed E-state index contributed by atoms with van der Waals surface area (Å²) in [6.07, 6.45) is 3.32. The van der Waals surface area contributed by atoms with Crippen molar-refractivity contribution >= 4 is 5.97 Å². The van der Waals surface area contributed by atoms with Crippen molar-refractivity contribution < 1.29 is 14.6 Å². The molecule has 0 spiro atoms. The van der Waals surface area contributed by atoms with Crippen LogP contribution in [0.2, 0.25) is 0 Å². The molecular weight excluding hydrogens is 246 g/mol. The third-order valence-corrected chi connectivity index (χ3v) is 2.72. The summed E-state index contributed by atoms with van der Waals surface area (Å²) in [6, 6.07) is 7.91. The predicted molar refractivity (Wildman–Crippen MR) is 69.8 cm³/mol. The summed E-state index contributed by atoms with van der Waals surface area (Å²) in [4.78, 5) is 22.1. The van der Waals surface area contributed by atoms with Crippen LogP contribution in [0.1, 0.15) is 15.9 Å². The van der Waals surface area contributed by atoms with Crippen molar-refractivity contribution in [2.24, 2.45) is 0 Å². The van der Waals surface area contributed by atoms with E-state index in [4.69, 9.17) is 9.84 Å². The Labute approximate surface area is 109 Å². The number of carboxylic acids is 1. The van der Waals surface area contributed by atoms with Crippen molar-refractivity contribution in [2.75, 3.05) is 7.11 Å². The van der Waals surface area contributed by atoms with Crippen LogP contribution < -0.4 is 10.2 Å². The predicted octanol–water partition coefficient (Wildman–Crippen LogP) is 1.60. The molecule has 2 rings (SSSR count). The van der Waals surface area contributed by atoms with Gasteiger partial charge in [0.2, 0.25) is 0 Å². The highest BCUT2D eigenvalue weighted by Crippen LogP contribution is 2.20. The largest absolute Gasteiger partial charge is 0.496 e. The zero-order valence-corrected chi connectivity index (χ0v) is 10.4. The van der Waals surface area contributed by atoms with Crippen LogP contribution >= 0.6 is 0 Å². The maximum absolute atomic E-state index is 11.1. The zero-order chi connectivity index (χ0) is 13.8. The van der Waals surface area contributed by atoms with Crippen molar-refractivity contribution in [3.8, 4) is 5.75 Å². The van der Waals surface area contributed by atoms with Gasteiger partial charge in [-0.3, -0.25) is 4.79 Å². The maximum atomic E-state index is 11.1. The molecule has 0 saturated carbocycles. The third-order valence-electron chi connectivity index (χ3n) is 2.72. The van der Waals surface area contributed by atoms with Gasteiger partial charge in [-0.2, -0.15) is 0 Å². The van der Waals surface area contributed by atoms with Gasteiger partial charge >= 0.3 is 5.97 Å². The molecule has 5 heteroatoms. The molecule has 0 unspecified atom stereocenters. The van der Waals surface area contributed by atoms with E-state index in [2.05, 4.69) is 0 Å². The second kappa shape index (κ2) is 5.39. The number of pyridine rings is 1. The lowest BCUT2D eigenvalue weighted by atomic mass is 10.1. The average Bonchev–Trinajstić information content (AvgIpc) is 2.41. The topological polar surface area (TPSA) is 68.5 Å². The lowest BCUT2D eigenvalue weighted by molar-refractivity contribution is 0.0693. The molecule has 0 amide bonds. The van der Waals surface area contributed by atoms with Gasteiger partial charge < -0.3 is 14.4 Å². The number of rotatable bonds is 4. The Morgan fingerprint density at radius 3 is 2.53 bits per heavy atom. The van der Waals surface area contributed by atoms with Gasteiger partial charge in [-0.25, -0.2) is 4.79 Å². The molecule has 5 nitrogen and oxygen atoms in total. The minimum atomic E-state index is -1.03. The Hall–Kier alpha value is -2.56. The highest BCUT2D eigenvalue weighted by molar-refractivity contribution is 5.91. The van der Waals surface area contributed by atoms with Crippen molar-refractivity contribution in [3.05, 3.63) is 64.1 Å². The number of carboxylic acid groups (broad SMARTS) is 1.